The van der Waals surface area contributed by atoms with Crippen LogP contribution in [0.2, 0.25) is 0 Å². The third-order valence-corrected chi connectivity index (χ3v) is 3.18. The second-order valence-corrected chi connectivity index (χ2v) is 4.32. The van der Waals surface area contributed by atoms with Crippen LogP contribution in [-0.4, -0.2) is 31.7 Å². The van der Waals surface area contributed by atoms with E-state index in [1.807, 2.05) is 0 Å². The monoisotopic (exact) mass is 205 g/mol. The van der Waals surface area contributed by atoms with Gasteiger partial charge in [-0.2, -0.15) is 0 Å². The maximum absolute atomic E-state index is 5.13. The zero-order valence-electron chi connectivity index (χ0n) is 9.52. The highest BCUT2D eigenvalue weighted by Gasteiger charge is 2.35. The van der Waals surface area contributed by atoms with Crippen LogP contribution < -0.4 is 0 Å². The number of likely N-dealkylation sites (tertiary alicyclic amines) is 1. The van der Waals surface area contributed by atoms with E-state index in [9.17, 15) is 0 Å². The van der Waals surface area contributed by atoms with Crippen molar-refractivity contribution in [2.24, 2.45) is 5.92 Å². The SMILES string of the molecule is COCCN1CC(C)C1c1ccccc1. The van der Waals surface area contributed by atoms with Crippen molar-refractivity contribution in [2.75, 3.05) is 26.8 Å². The molecule has 1 heterocycles. The van der Waals surface area contributed by atoms with Gasteiger partial charge < -0.3 is 4.74 Å². The van der Waals surface area contributed by atoms with E-state index >= 15 is 0 Å². The number of ether oxygens (including phenoxy) is 1. The van der Waals surface area contributed by atoms with Gasteiger partial charge in [0.2, 0.25) is 0 Å². The average molecular weight is 205 g/mol. The fourth-order valence-electron chi connectivity index (χ4n) is 2.43. The van der Waals surface area contributed by atoms with Gasteiger partial charge in [0.25, 0.3) is 0 Å². The van der Waals surface area contributed by atoms with Crippen molar-refractivity contribution in [3.05, 3.63) is 35.9 Å². The van der Waals surface area contributed by atoms with Gasteiger partial charge in [-0.15, -0.1) is 0 Å². The van der Waals surface area contributed by atoms with E-state index in [-0.39, 0.29) is 0 Å². The molecule has 2 unspecified atom stereocenters. The zero-order chi connectivity index (χ0) is 10.7. The first-order valence-electron chi connectivity index (χ1n) is 5.61. The number of hydrogen-bond acceptors (Lipinski definition) is 2. The first-order valence-corrected chi connectivity index (χ1v) is 5.61. The summed E-state index contributed by atoms with van der Waals surface area (Å²) in [6.07, 6.45) is 0. The minimum atomic E-state index is 0.598. The van der Waals surface area contributed by atoms with Gasteiger partial charge in [0.05, 0.1) is 6.61 Å². The predicted molar refractivity (Wildman–Crippen MR) is 61.8 cm³/mol. The van der Waals surface area contributed by atoms with E-state index in [0.717, 1.165) is 19.1 Å². The summed E-state index contributed by atoms with van der Waals surface area (Å²) in [4.78, 5) is 2.49. The fraction of sp³-hybridized carbons (Fsp3) is 0.538. The molecule has 0 saturated carbocycles. The van der Waals surface area contributed by atoms with E-state index in [2.05, 4.69) is 42.2 Å². The second-order valence-electron chi connectivity index (χ2n) is 4.32. The first kappa shape index (κ1) is 10.7. The van der Waals surface area contributed by atoms with Crippen LogP contribution >= 0.6 is 0 Å². The lowest BCUT2D eigenvalue weighted by Crippen LogP contribution is -2.49. The molecular formula is C13H19NO. The van der Waals surface area contributed by atoms with Crippen molar-refractivity contribution in [1.82, 2.24) is 4.90 Å². The number of rotatable bonds is 4. The molecule has 1 aliphatic rings. The van der Waals surface area contributed by atoms with Gasteiger partial charge in [-0.3, -0.25) is 4.90 Å². The Balaban J connectivity index is 2.01. The van der Waals surface area contributed by atoms with Crippen LogP contribution in [0, 0.1) is 5.92 Å². The molecule has 2 heteroatoms. The molecule has 2 rings (SSSR count). The third kappa shape index (κ3) is 2.21. The minimum Gasteiger partial charge on any atom is -0.383 e. The largest absolute Gasteiger partial charge is 0.383 e. The molecule has 0 aromatic heterocycles. The van der Waals surface area contributed by atoms with Crippen molar-refractivity contribution in [2.45, 2.75) is 13.0 Å². The number of methoxy groups -OCH3 is 1. The lowest BCUT2D eigenvalue weighted by atomic mass is 9.85. The molecule has 15 heavy (non-hydrogen) atoms. The second kappa shape index (κ2) is 4.77. The van der Waals surface area contributed by atoms with Crippen molar-refractivity contribution in [1.29, 1.82) is 0 Å². The quantitative estimate of drug-likeness (QED) is 0.748. The van der Waals surface area contributed by atoms with E-state index in [0.29, 0.717) is 6.04 Å². The molecule has 0 aliphatic carbocycles. The van der Waals surface area contributed by atoms with E-state index in [1.54, 1.807) is 7.11 Å². The summed E-state index contributed by atoms with van der Waals surface area (Å²) in [5.41, 5.74) is 1.44. The molecule has 0 N–H and O–H groups in total. The summed E-state index contributed by atoms with van der Waals surface area (Å²) in [6.45, 7) is 5.39. The molecule has 0 amide bonds. The predicted octanol–water partition coefficient (Wildman–Crippen LogP) is 2.33. The summed E-state index contributed by atoms with van der Waals surface area (Å²) in [7, 11) is 1.76. The molecular weight excluding hydrogens is 186 g/mol. The molecule has 1 saturated heterocycles. The van der Waals surface area contributed by atoms with Crippen molar-refractivity contribution in [3.8, 4) is 0 Å². The fourth-order valence-corrected chi connectivity index (χ4v) is 2.43. The van der Waals surface area contributed by atoms with Gasteiger partial charge in [0.1, 0.15) is 0 Å². The maximum atomic E-state index is 5.13. The Bertz CT molecular complexity index is 299. The molecule has 1 aliphatic heterocycles. The maximum Gasteiger partial charge on any atom is 0.0589 e. The van der Waals surface area contributed by atoms with Gasteiger partial charge in [0, 0.05) is 26.2 Å². The van der Waals surface area contributed by atoms with Crippen LogP contribution in [0.15, 0.2) is 30.3 Å². The molecule has 1 aromatic carbocycles. The molecule has 2 atom stereocenters. The van der Waals surface area contributed by atoms with Crippen LogP contribution in [0.1, 0.15) is 18.5 Å². The molecule has 0 radical (unpaired) electrons. The molecule has 82 valence electrons. The van der Waals surface area contributed by atoms with Crippen LogP contribution in [0.5, 0.6) is 0 Å². The average Bonchev–Trinajstić information content (AvgIpc) is 2.25. The lowest BCUT2D eigenvalue weighted by Gasteiger charge is -2.47. The normalized spacial score (nSPS) is 26.3. The van der Waals surface area contributed by atoms with Gasteiger partial charge in [-0.25, -0.2) is 0 Å². The first-order chi connectivity index (χ1) is 7.33. The number of hydrogen-bond donors (Lipinski definition) is 0. The van der Waals surface area contributed by atoms with E-state index in [1.165, 1.54) is 12.1 Å². The van der Waals surface area contributed by atoms with Gasteiger partial charge in [-0.1, -0.05) is 37.3 Å². The number of benzene rings is 1. The standard InChI is InChI=1S/C13H19NO/c1-11-10-14(8-9-15-2)13(11)12-6-4-3-5-7-12/h3-7,11,13H,8-10H2,1-2H3. The van der Waals surface area contributed by atoms with Crippen LogP contribution in [0.25, 0.3) is 0 Å². The van der Waals surface area contributed by atoms with Crippen molar-refractivity contribution >= 4 is 0 Å². The highest BCUT2D eigenvalue weighted by atomic mass is 16.5. The zero-order valence-corrected chi connectivity index (χ0v) is 9.52. The summed E-state index contributed by atoms with van der Waals surface area (Å²) < 4.78 is 5.13. The Hall–Kier alpha value is -0.860. The molecule has 1 fully saturated rings. The molecule has 0 spiro atoms. The Kier molecular flexibility index (Phi) is 3.39. The molecule has 2 nitrogen and oxygen atoms in total. The smallest absolute Gasteiger partial charge is 0.0589 e. The van der Waals surface area contributed by atoms with Crippen molar-refractivity contribution < 1.29 is 4.74 Å². The summed E-state index contributed by atoms with van der Waals surface area (Å²) >= 11 is 0. The van der Waals surface area contributed by atoms with E-state index in [4.69, 9.17) is 4.74 Å². The van der Waals surface area contributed by atoms with Crippen molar-refractivity contribution in [3.63, 3.8) is 0 Å². The Morgan fingerprint density at radius 2 is 2.07 bits per heavy atom. The Morgan fingerprint density at radius 3 is 2.67 bits per heavy atom. The topological polar surface area (TPSA) is 12.5 Å². The third-order valence-electron chi connectivity index (χ3n) is 3.18. The van der Waals surface area contributed by atoms with E-state index < -0.39 is 0 Å². The molecule has 1 aromatic rings. The summed E-state index contributed by atoms with van der Waals surface area (Å²) in [6, 6.07) is 11.4. The highest BCUT2D eigenvalue weighted by Crippen LogP contribution is 2.37. The summed E-state index contributed by atoms with van der Waals surface area (Å²) in [5, 5.41) is 0. The lowest BCUT2D eigenvalue weighted by molar-refractivity contribution is 0.00402. The highest BCUT2D eigenvalue weighted by molar-refractivity contribution is 5.22. The van der Waals surface area contributed by atoms with Gasteiger partial charge in [0.15, 0.2) is 0 Å². The Labute approximate surface area is 91.9 Å². The van der Waals surface area contributed by atoms with Crippen LogP contribution in [0.4, 0.5) is 0 Å². The summed E-state index contributed by atoms with van der Waals surface area (Å²) in [5.74, 6) is 0.768. The Morgan fingerprint density at radius 1 is 1.33 bits per heavy atom. The van der Waals surface area contributed by atoms with Gasteiger partial charge in [-0.05, 0) is 11.5 Å². The number of nitrogens with zero attached hydrogens (tertiary/aromatic N) is 1. The van der Waals surface area contributed by atoms with Gasteiger partial charge >= 0.3 is 0 Å². The molecule has 0 bridgehead atoms. The van der Waals surface area contributed by atoms with Crippen LogP contribution in [-0.2, 0) is 4.74 Å². The minimum absolute atomic E-state index is 0.598. The van der Waals surface area contributed by atoms with Crippen LogP contribution in [0.3, 0.4) is 0 Å².